The van der Waals surface area contributed by atoms with Crippen molar-refractivity contribution in [1.29, 1.82) is 0 Å². The number of nitrogens with zero attached hydrogens (tertiary/aromatic N) is 2. The molecule has 0 aromatic heterocycles. The maximum atomic E-state index is 14.1. The molecule has 3 amide bonds. The van der Waals surface area contributed by atoms with Crippen molar-refractivity contribution in [3.63, 3.8) is 0 Å². The molecule has 2 aromatic rings. The van der Waals surface area contributed by atoms with Crippen LogP contribution in [0, 0.1) is 5.82 Å². The van der Waals surface area contributed by atoms with Gasteiger partial charge < -0.3 is 4.74 Å². The van der Waals surface area contributed by atoms with E-state index in [0.29, 0.717) is 11.1 Å². The normalized spacial score (nSPS) is 18.5. The molecule has 2 aliphatic rings. The molecule has 2 heterocycles. The Morgan fingerprint density at radius 3 is 2.32 bits per heavy atom. The van der Waals surface area contributed by atoms with Crippen LogP contribution >= 0.6 is 0 Å². The first-order chi connectivity index (χ1) is 13.4. The minimum absolute atomic E-state index is 0.0467. The molecule has 0 aliphatic carbocycles. The summed E-state index contributed by atoms with van der Waals surface area (Å²) in [6, 6.07) is 10.3. The molecule has 2 aromatic carbocycles. The Kier molecular flexibility index (Phi) is 4.18. The number of hydrogen-bond donors (Lipinski definition) is 0. The minimum atomic E-state index is -0.745. The lowest BCUT2D eigenvalue weighted by Crippen LogP contribution is -2.38. The maximum absolute atomic E-state index is 14.1. The maximum Gasteiger partial charge on any atom is 0.414 e. The van der Waals surface area contributed by atoms with E-state index in [1.54, 1.807) is 24.3 Å². The van der Waals surface area contributed by atoms with E-state index >= 15 is 0 Å². The van der Waals surface area contributed by atoms with Gasteiger partial charge in [0.15, 0.2) is 5.78 Å². The quantitative estimate of drug-likeness (QED) is 0.600. The van der Waals surface area contributed by atoms with Gasteiger partial charge >= 0.3 is 6.09 Å². The van der Waals surface area contributed by atoms with Crippen molar-refractivity contribution in [3.05, 3.63) is 65.0 Å². The zero-order valence-electron chi connectivity index (χ0n) is 14.8. The highest BCUT2D eigenvalue weighted by Gasteiger charge is 2.40. The molecule has 1 fully saturated rings. The molecule has 1 unspecified atom stereocenters. The Balaban J connectivity index is 1.50. The number of cyclic esters (lactones) is 1. The molecule has 8 heteroatoms. The van der Waals surface area contributed by atoms with Crippen LogP contribution in [0.2, 0.25) is 0 Å². The van der Waals surface area contributed by atoms with Gasteiger partial charge in [-0.1, -0.05) is 12.1 Å². The van der Waals surface area contributed by atoms with Crippen molar-refractivity contribution in [2.24, 2.45) is 0 Å². The SMILES string of the molecule is CC(=O)c1ccc(N2CC(CN3C(=O)c4ccccc4C3=O)OC2=O)cc1F. The predicted molar refractivity (Wildman–Crippen MR) is 95.8 cm³/mol. The third kappa shape index (κ3) is 2.83. The minimum Gasteiger partial charge on any atom is -0.442 e. The molecule has 0 spiro atoms. The second-order valence-corrected chi connectivity index (χ2v) is 6.60. The summed E-state index contributed by atoms with van der Waals surface area (Å²) in [5.41, 5.74) is 0.794. The second kappa shape index (κ2) is 6.56. The first kappa shape index (κ1) is 17.8. The van der Waals surface area contributed by atoms with E-state index in [9.17, 15) is 23.6 Å². The van der Waals surface area contributed by atoms with Crippen molar-refractivity contribution in [2.45, 2.75) is 13.0 Å². The summed E-state index contributed by atoms with van der Waals surface area (Å²) in [5.74, 6) is -2.03. The summed E-state index contributed by atoms with van der Waals surface area (Å²) in [5, 5.41) is 0. The summed E-state index contributed by atoms with van der Waals surface area (Å²) in [4.78, 5) is 50.7. The number of anilines is 1. The van der Waals surface area contributed by atoms with Crippen LogP contribution in [0.4, 0.5) is 14.9 Å². The molecular weight excluding hydrogens is 367 g/mol. The largest absolute Gasteiger partial charge is 0.442 e. The van der Waals surface area contributed by atoms with Gasteiger partial charge in [0, 0.05) is 0 Å². The molecule has 7 nitrogen and oxygen atoms in total. The van der Waals surface area contributed by atoms with Gasteiger partial charge in [0.1, 0.15) is 11.9 Å². The lowest BCUT2D eigenvalue weighted by molar-refractivity contribution is 0.0558. The number of halogens is 1. The fourth-order valence-electron chi connectivity index (χ4n) is 3.39. The lowest BCUT2D eigenvalue weighted by Gasteiger charge is -2.17. The number of imide groups is 1. The summed E-state index contributed by atoms with van der Waals surface area (Å²) in [6.45, 7) is 1.20. The van der Waals surface area contributed by atoms with Crippen molar-refractivity contribution in [1.82, 2.24) is 4.90 Å². The lowest BCUT2D eigenvalue weighted by atomic mass is 10.1. The number of carbonyl (C=O) groups excluding carboxylic acids is 4. The molecule has 0 N–H and O–H groups in total. The fourth-order valence-corrected chi connectivity index (χ4v) is 3.39. The molecule has 0 saturated carbocycles. The Labute approximate surface area is 159 Å². The highest BCUT2D eigenvalue weighted by Crippen LogP contribution is 2.27. The summed E-state index contributed by atoms with van der Waals surface area (Å²) >= 11 is 0. The van der Waals surface area contributed by atoms with E-state index in [-0.39, 0.29) is 24.3 Å². The van der Waals surface area contributed by atoms with Gasteiger partial charge in [0.05, 0.1) is 35.5 Å². The van der Waals surface area contributed by atoms with Gasteiger partial charge in [-0.3, -0.25) is 24.2 Å². The van der Waals surface area contributed by atoms with Gasteiger partial charge in [0.25, 0.3) is 11.8 Å². The molecule has 4 rings (SSSR count). The Morgan fingerprint density at radius 1 is 1.11 bits per heavy atom. The first-order valence-corrected chi connectivity index (χ1v) is 8.60. The third-order valence-corrected chi connectivity index (χ3v) is 4.78. The molecule has 1 atom stereocenters. The monoisotopic (exact) mass is 382 g/mol. The molecule has 2 aliphatic heterocycles. The van der Waals surface area contributed by atoms with Crippen LogP contribution < -0.4 is 4.90 Å². The van der Waals surface area contributed by atoms with Crippen LogP contribution in [0.5, 0.6) is 0 Å². The smallest absolute Gasteiger partial charge is 0.414 e. The number of ketones is 1. The van der Waals surface area contributed by atoms with E-state index in [4.69, 9.17) is 4.74 Å². The average molecular weight is 382 g/mol. The van der Waals surface area contributed by atoms with Crippen LogP contribution in [0.3, 0.4) is 0 Å². The number of carbonyl (C=O) groups is 4. The summed E-state index contributed by atoms with van der Waals surface area (Å²) < 4.78 is 19.3. The third-order valence-electron chi connectivity index (χ3n) is 4.78. The first-order valence-electron chi connectivity index (χ1n) is 8.60. The zero-order valence-corrected chi connectivity index (χ0v) is 14.8. The zero-order chi connectivity index (χ0) is 20.0. The van der Waals surface area contributed by atoms with Crippen LogP contribution in [0.1, 0.15) is 38.0 Å². The van der Waals surface area contributed by atoms with E-state index in [1.807, 2.05) is 0 Å². The highest BCUT2D eigenvalue weighted by atomic mass is 19.1. The topological polar surface area (TPSA) is 84.0 Å². The van der Waals surface area contributed by atoms with Crippen molar-refractivity contribution in [3.8, 4) is 0 Å². The van der Waals surface area contributed by atoms with Gasteiger partial charge in [-0.05, 0) is 37.3 Å². The number of amides is 3. The Bertz CT molecular complexity index is 1000. The van der Waals surface area contributed by atoms with Crippen LogP contribution in [0.15, 0.2) is 42.5 Å². The molecule has 1 saturated heterocycles. The number of benzene rings is 2. The van der Waals surface area contributed by atoms with E-state index in [0.717, 1.165) is 11.0 Å². The molecule has 142 valence electrons. The van der Waals surface area contributed by atoms with E-state index < -0.39 is 35.6 Å². The number of Topliss-reactive ketones (excluding diaryl/α,β-unsaturated/α-hetero) is 1. The van der Waals surface area contributed by atoms with Gasteiger partial charge in [0.2, 0.25) is 0 Å². The Hall–Kier alpha value is -3.55. The fraction of sp³-hybridized carbons (Fsp3) is 0.200. The van der Waals surface area contributed by atoms with Crippen molar-refractivity contribution >= 4 is 29.4 Å². The highest BCUT2D eigenvalue weighted by molar-refractivity contribution is 6.21. The van der Waals surface area contributed by atoms with E-state index in [2.05, 4.69) is 0 Å². The number of ether oxygens (including phenoxy) is 1. The number of rotatable bonds is 4. The average Bonchev–Trinajstić information content (AvgIpc) is 3.15. The van der Waals surface area contributed by atoms with Gasteiger partial charge in [-0.15, -0.1) is 0 Å². The number of hydrogen-bond acceptors (Lipinski definition) is 5. The molecule has 28 heavy (non-hydrogen) atoms. The van der Waals surface area contributed by atoms with E-state index in [1.165, 1.54) is 24.0 Å². The Morgan fingerprint density at radius 2 is 1.75 bits per heavy atom. The summed E-state index contributed by atoms with van der Waals surface area (Å²) in [7, 11) is 0. The summed E-state index contributed by atoms with van der Waals surface area (Å²) in [6.07, 6.45) is -1.46. The molecular formula is C20H15FN2O5. The van der Waals surface area contributed by atoms with Gasteiger partial charge in [-0.25, -0.2) is 9.18 Å². The standard InChI is InChI=1S/C20H15FN2O5/c1-11(24)14-7-6-12(8-17(14)21)22-9-13(28-20(22)27)10-23-18(25)15-4-2-3-5-16(15)19(23)26/h2-8,13H,9-10H2,1H3. The van der Waals surface area contributed by atoms with Crippen molar-refractivity contribution in [2.75, 3.05) is 18.0 Å². The van der Waals surface area contributed by atoms with Crippen LogP contribution in [-0.2, 0) is 4.74 Å². The van der Waals surface area contributed by atoms with Gasteiger partial charge in [-0.2, -0.15) is 0 Å². The molecule has 0 radical (unpaired) electrons. The molecule has 0 bridgehead atoms. The van der Waals surface area contributed by atoms with Crippen LogP contribution in [0.25, 0.3) is 0 Å². The second-order valence-electron chi connectivity index (χ2n) is 6.60. The predicted octanol–water partition coefficient (Wildman–Crippen LogP) is 2.65. The van der Waals surface area contributed by atoms with Crippen molar-refractivity contribution < 1.29 is 28.3 Å². The number of fused-ring (bicyclic) bond motifs is 1. The van der Waals surface area contributed by atoms with Crippen LogP contribution in [-0.4, -0.2) is 47.8 Å².